The second kappa shape index (κ2) is 2.01. The van der Waals surface area contributed by atoms with Crippen LogP contribution in [0.4, 0.5) is 0 Å². The maximum atomic E-state index is 9.87. The highest BCUT2D eigenvalue weighted by Gasteiger charge is 1.93. The summed E-state index contributed by atoms with van der Waals surface area (Å²) in [4.78, 5) is 9.87. The van der Waals surface area contributed by atoms with Crippen molar-refractivity contribution in [3.8, 4) is 0 Å². The summed E-state index contributed by atoms with van der Waals surface area (Å²) in [7, 11) is 0. The summed E-state index contributed by atoms with van der Waals surface area (Å²) in [5.41, 5.74) is 0. The Balaban J connectivity index is 3.00. The first kappa shape index (κ1) is 5.38. The van der Waals surface area contributed by atoms with Crippen LogP contribution in [0.5, 0.6) is 0 Å². The van der Waals surface area contributed by atoms with E-state index in [0.29, 0.717) is 11.3 Å². The molecule has 0 aliphatic rings. The molecule has 0 spiro atoms. The van der Waals surface area contributed by atoms with Crippen LogP contribution in [0.15, 0.2) is 16.7 Å². The molecular formula is C5H3ClO2. The molecule has 0 atom stereocenters. The molecule has 0 amide bonds. The molecule has 1 aromatic heterocycles. The van der Waals surface area contributed by atoms with Gasteiger partial charge in [0.25, 0.3) is 0 Å². The summed E-state index contributed by atoms with van der Waals surface area (Å²) in [5.74, 6) is 0.259. The van der Waals surface area contributed by atoms with Gasteiger partial charge in [-0.1, -0.05) is 11.6 Å². The Bertz CT molecular complexity index is 192. The van der Waals surface area contributed by atoms with Crippen LogP contribution in [0.1, 0.15) is 10.6 Å². The number of halogens is 1. The maximum absolute atomic E-state index is 9.87. The number of carbonyl (C=O) groups is 1. The van der Waals surface area contributed by atoms with Gasteiger partial charge in [-0.05, 0) is 0 Å². The Hall–Kier alpha value is -0.760. The van der Waals surface area contributed by atoms with Gasteiger partial charge in [0.1, 0.15) is 6.26 Å². The van der Waals surface area contributed by atoms with E-state index in [1.54, 1.807) is 0 Å². The van der Waals surface area contributed by atoms with Gasteiger partial charge >= 0.3 is 0 Å². The number of hydrogen-bond acceptors (Lipinski definition) is 2. The van der Waals surface area contributed by atoms with E-state index in [4.69, 9.17) is 11.6 Å². The van der Waals surface area contributed by atoms with Crippen molar-refractivity contribution in [2.24, 2.45) is 0 Å². The van der Waals surface area contributed by atoms with E-state index >= 15 is 0 Å². The average Bonchev–Trinajstić information content (AvgIpc) is 2.14. The molecule has 0 saturated heterocycles. The largest absolute Gasteiger partial charge is 0.460 e. The Morgan fingerprint density at radius 1 is 1.75 bits per heavy atom. The zero-order valence-electron chi connectivity index (χ0n) is 3.93. The summed E-state index contributed by atoms with van der Waals surface area (Å²) in [6.45, 7) is 0. The number of carbonyl (C=O) groups excluding carboxylic acids is 1. The van der Waals surface area contributed by atoms with Gasteiger partial charge in [0.05, 0.1) is 5.02 Å². The van der Waals surface area contributed by atoms with Gasteiger partial charge in [-0.2, -0.15) is 0 Å². The minimum atomic E-state index is 0.259. The fourth-order valence-corrected chi connectivity index (χ4v) is 0.542. The smallest absolute Gasteiger partial charge is 0.185 e. The molecule has 8 heavy (non-hydrogen) atoms. The lowest BCUT2D eigenvalue weighted by Crippen LogP contribution is -1.65. The van der Waals surface area contributed by atoms with Crippen molar-refractivity contribution in [1.29, 1.82) is 0 Å². The predicted molar refractivity (Wildman–Crippen MR) is 29.1 cm³/mol. The predicted octanol–water partition coefficient (Wildman–Crippen LogP) is 1.75. The zero-order valence-corrected chi connectivity index (χ0v) is 4.68. The summed E-state index contributed by atoms with van der Waals surface area (Å²) < 4.78 is 4.61. The van der Waals surface area contributed by atoms with Crippen molar-refractivity contribution < 1.29 is 9.21 Å². The van der Waals surface area contributed by atoms with Crippen molar-refractivity contribution in [2.45, 2.75) is 0 Å². The van der Waals surface area contributed by atoms with Gasteiger partial charge < -0.3 is 4.42 Å². The normalized spacial score (nSPS) is 9.12. The summed E-state index contributed by atoms with van der Waals surface area (Å²) in [6.07, 6.45) is 1.91. The first-order valence-corrected chi connectivity index (χ1v) is 2.40. The second-order valence-corrected chi connectivity index (χ2v) is 1.72. The molecular weight excluding hydrogens is 128 g/mol. The van der Waals surface area contributed by atoms with E-state index in [0.717, 1.165) is 0 Å². The molecule has 2 nitrogen and oxygen atoms in total. The summed E-state index contributed by atoms with van der Waals surface area (Å²) in [6, 6.07) is 1.45. The lowest BCUT2D eigenvalue weighted by atomic mass is 10.5. The second-order valence-electron chi connectivity index (χ2n) is 1.29. The third kappa shape index (κ3) is 0.898. The Morgan fingerprint density at radius 3 is 2.75 bits per heavy atom. The molecule has 0 radical (unpaired) electrons. The first-order valence-electron chi connectivity index (χ1n) is 2.02. The maximum Gasteiger partial charge on any atom is 0.185 e. The molecule has 1 aromatic rings. The van der Waals surface area contributed by atoms with Gasteiger partial charge in [-0.25, -0.2) is 0 Å². The lowest BCUT2D eigenvalue weighted by Gasteiger charge is -1.68. The lowest BCUT2D eigenvalue weighted by molar-refractivity contribution is 0.110. The van der Waals surface area contributed by atoms with E-state index < -0.39 is 0 Å². The van der Waals surface area contributed by atoms with Gasteiger partial charge in [0, 0.05) is 6.07 Å². The zero-order chi connectivity index (χ0) is 5.98. The van der Waals surface area contributed by atoms with Crippen molar-refractivity contribution >= 4 is 17.9 Å². The van der Waals surface area contributed by atoms with Crippen molar-refractivity contribution in [3.63, 3.8) is 0 Å². The third-order valence-electron chi connectivity index (χ3n) is 0.704. The van der Waals surface area contributed by atoms with Crippen LogP contribution in [-0.4, -0.2) is 6.29 Å². The van der Waals surface area contributed by atoms with E-state index in [2.05, 4.69) is 4.42 Å². The molecule has 0 fully saturated rings. The highest BCUT2D eigenvalue weighted by Crippen LogP contribution is 2.10. The van der Waals surface area contributed by atoms with Crippen LogP contribution in [-0.2, 0) is 0 Å². The molecule has 0 N–H and O–H groups in total. The highest BCUT2D eigenvalue weighted by atomic mass is 35.5. The van der Waals surface area contributed by atoms with Crippen molar-refractivity contribution in [1.82, 2.24) is 0 Å². The Morgan fingerprint density at radius 2 is 2.50 bits per heavy atom. The average molecular weight is 131 g/mol. The Kier molecular flexibility index (Phi) is 1.35. The number of rotatable bonds is 1. The highest BCUT2D eigenvalue weighted by molar-refractivity contribution is 6.30. The summed E-state index contributed by atoms with van der Waals surface area (Å²) >= 11 is 5.39. The monoisotopic (exact) mass is 130 g/mol. The van der Waals surface area contributed by atoms with E-state index in [1.165, 1.54) is 12.3 Å². The molecule has 0 aromatic carbocycles. The van der Waals surface area contributed by atoms with Crippen LogP contribution in [0, 0.1) is 0 Å². The van der Waals surface area contributed by atoms with E-state index in [1.807, 2.05) is 0 Å². The van der Waals surface area contributed by atoms with Gasteiger partial charge in [-0.3, -0.25) is 4.79 Å². The molecule has 0 aliphatic carbocycles. The summed E-state index contributed by atoms with van der Waals surface area (Å²) in [5, 5.41) is 0.451. The fraction of sp³-hybridized carbons (Fsp3) is 0. The molecule has 0 unspecified atom stereocenters. The Labute approximate surface area is 51.1 Å². The quantitative estimate of drug-likeness (QED) is 0.542. The number of furan rings is 1. The molecule has 0 aliphatic heterocycles. The van der Waals surface area contributed by atoms with Crippen LogP contribution in [0.3, 0.4) is 0 Å². The van der Waals surface area contributed by atoms with Crippen LogP contribution in [0.25, 0.3) is 0 Å². The SMILES string of the molecule is O=Cc1cc(Cl)co1. The van der Waals surface area contributed by atoms with Crippen LogP contribution < -0.4 is 0 Å². The minimum Gasteiger partial charge on any atom is -0.460 e. The minimum absolute atomic E-state index is 0.259. The number of aldehydes is 1. The van der Waals surface area contributed by atoms with Gasteiger partial charge in [0.2, 0.25) is 0 Å². The molecule has 1 heterocycles. The van der Waals surface area contributed by atoms with Crippen molar-refractivity contribution in [2.75, 3.05) is 0 Å². The van der Waals surface area contributed by atoms with Crippen molar-refractivity contribution in [3.05, 3.63) is 23.1 Å². The van der Waals surface area contributed by atoms with Gasteiger partial charge in [-0.15, -0.1) is 0 Å². The van der Waals surface area contributed by atoms with Crippen LogP contribution in [0.2, 0.25) is 5.02 Å². The molecule has 0 bridgehead atoms. The topological polar surface area (TPSA) is 30.2 Å². The molecule has 42 valence electrons. The molecule has 0 saturated carbocycles. The molecule has 1 rings (SSSR count). The molecule has 3 heteroatoms. The van der Waals surface area contributed by atoms with Gasteiger partial charge in [0.15, 0.2) is 12.0 Å². The van der Waals surface area contributed by atoms with E-state index in [9.17, 15) is 4.79 Å². The first-order chi connectivity index (χ1) is 3.83. The number of hydrogen-bond donors (Lipinski definition) is 0. The standard InChI is InChI=1S/C5H3ClO2/c6-4-1-5(2-7)8-3-4/h1-3H. The third-order valence-corrected chi connectivity index (χ3v) is 0.902. The fourth-order valence-electron chi connectivity index (χ4n) is 0.390. The van der Waals surface area contributed by atoms with E-state index in [-0.39, 0.29) is 5.76 Å². The van der Waals surface area contributed by atoms with Crippen LogP contribution >= 0.6 is 11.6 Å².